The van der Waals surface area contributed by atoms with Crippen molar-refractivity contribution in [1.29, 1.82) is 0 Å². The molecule has 0 radical (unpaired) electrons. The van der Waals surface area contributed by atoms with Crippen molar-refractivity contribution < 1.29 is 13.2 Å². The van der Waals surface area contributed by atoms with Crippen molar-refractivity contribution in [3.8, 4) is 0 Å². The maximum Gasteiger partial charge on any atom is 0.242 e. The van der Waals surface area contributed by atoms with Gasteiger partial charge < -0.3 is 10.5 Å². The summed E-state index contributed by atoms with van der Waals surface area (Å²) in [6.07, 6.45) is 1.68. The van der Waals surface area contributed by atoms with Crippen LogP contribution in [0.2, 0.25) is 0 Å². The van der Waals surface area contributed by atoms with E-state index in [0.29, 0.717) is 16.4 Å². The highest BCUT2D eigenvalue weighted by atomic mass is 32.2. The first-order chi connectivity index (χ1) is 8.97. The smallest absolute Gasteiger partial charge is 0.242 e. The molecule has 1 aliphatic rings. The second-order valence-corrected chi connectivity index (χ2v) is 7.36. The second-order valence-electron chi connectivity index (χ2n) is 4.74. The molecule has 0 atom stereocenters. The highest BCUT2D eigenvalue weighted by molar-refractivity contribution is 7.89. The summed E-state index contributed by atoms with van der Waals surface area (Å²) >= 11 is 1.40. The van der Waals surface area contributed by atoms with Gasteiger partial charge in [-0.2, -0.15) is 0 Å². The van der Waals surface area contributed by atoms with E-state index in [2.05, 4.69) is 4.72 Å². The molecule has 1 aromatic heterocycles. The first kappa shape index (κ1) is 14.9. The average molecular weight is 304 g/mol. The summed E-state index contributed by atoms with van der Waals surface area (Å²) in [4.78, 5) is 1.07. The van der Waals surface area contributed by atoms with Crippen molar-refractivity contribution in [2.45, 2.75) is 50.3 Å². The van der Waals surface area contributed by atoms with Crippen LogP contribution in [0.3, 0.4) is 0 Å². The van der Waals surface area contributed by atoms with Crippen LogP contribution in [0.5, 0.6) is 0 Å². The molecular weight excluding hydrogens is 284 g/mol. The number of thiophene rings is 1. The minimum absolute atomic E-state index is 0.0218. The lowest BCUT2D eigenvalue weighted by molar-refractivity contribution is -0.00475. The highest BCUT2D eigenvalue weighted by Gasteiger charge is 2.34. The van der Waals surface area contributed by atoms with Gasteiger partial charge in [0.1, 0.15) is 4.90 Å². The number of hydrogen-bond acceptors (Lipinski definition) is 5. The number of ether oxygens (including phenoxy) is 1. The van der Waals surface area contributed by atoms with E-state index in [4.69, 9.17) is 10.5 Å². The van der Waals surface area contributed by atoms with Gasteiger partial charge in [-0.3, -0.25) is 0 Å². The minimum atomic E-state index is -3.46. The van der Waals surface area contributed by atoms with Gasteiger partial charge in [0.25, 0.3) is 0 Å². The fourth-order valence-electron chi connectivity index (χ4n) is 2.30. The van der Waals surface area contributed by atoms with Gasteiger partial charge in [-0.05, 0) is 37.6 Å². The Balaban J connectivity index is 2.05. The van der Waals surface area contributed by atoms with E-state index in [1.54, 1.807) is 6.92 Å². The number of nitrogens with two attached hydrogens (primary N) is 1. The Hall–Kier alpha value is -0.470. The van der Waals surface area contributed by atoms with E-state index in [9.17, 15) is 8.42 Å². The van der Waals surface area contributed by atoms with Crippen LogP contribution in [0, 0.1) is 6.92 Å². The molecule has 0 unspecified atom stereocenters. The second kappa shape index (κ2) is 5.88. The summed E-state index contributed by atoms with van der Waals surface area (Å²) in [6.45, 7) is 4.67. The zero-order valence-electron chi connectivity index (χ0n) is 11.2. The molecular formula is C12H20N2O3S2. The molecule has 1 aliphatic carbocycles. The van der Waals surface area contributed by atoms with Crippen LogP contribution in [0.4, 0.5) is 0 Å². The Morgan fingerprint density at radius 2 is 2.21 bits per heavy atom. The Kier molecular flexibility index (Phi) is 4.62. The van der Waals surface area contributed by atoms with Crippen molar-refractivity contribution in [1.82, 2.24) is 4.72 Å². The highest BCUT2D eigenvalue weighted by Crippen LogP contribution is 2.29. The van der Waals surface area contributed by atoms with Crippen LogP contribution in [0.25, 0.3) is 0 Å². The Labute approximate surface area is 118 Å². The van der Waals surface area contributed by atoms with E-state index >= 15 is 0 Å². The van der Waals surface area contributed by atoms with Gasteiger partial charge in [-0.25, -0.2) is 13.1 Å². The monoisotopic (exact) mass is 304 g/mol. The number of aryl methyl sites for hydroxylation is 1. The first-order valence-electron chi connectivity index (χ1n) is 6.39. The zero-order valence-corrected chi connectivity index (χ0v) is 12.8. The summed E-state index contributed by atoms with van der Waals surface area (Å²) < 4.78 is 32.9. The van der Waals surface area contributed by atoms with Crippen molar-refractivity contribution >= 4 is 21.4 Å². The largest absolute Gasteiger partial charge is 0.378 e. The Bertz CT molecular complexity index is 533. The Morgan fingerprint density at radius 3 is 2.79 bits per heavy atom. The molecule has 0 spiro atoms. The molecule has 3 N–H and O–H groups in total. The maximum absolute atomic E-state index is 12.4. The number of sulfonamides is 1. The third-order valence-corrected chi connectivity index (χ3v) is 6.27. The molecule has 2 rings (SSSR count). The molecule has 1 aromatic rings. The van der Waals surface area contributed by atoms with Gasteiger partial charge in [0.2, 0.25) is 10.0 Å². The van der Waals surface area contributed by atoms with Crippen LogP contribution >= 0.6 is 11.3 Å². The van der Waals surface area contributed by atoms with E-state index in [1.165, 1.54) is 11.3 Å². The van der Waals surface area contributed by atoms with Gasteiger partial charge in [-0.15, -0.1) is 11.3 Å². The lowest BCUT2D eigenvalue weighted by Gasteiger charge is -2.35. The molecule has 0 bridgehead atoms. The van der Waals surface area contributed by atoms with Gasteiger partial charge in [-0.1, -0.05) is 0 Å². The van der Waals surface area contributed by atoms with Crippen molar-refractivity contribution in [2.24, 2.45) is 5.73 Å². The van der Waals surface area contributed by atoms with E-state index < -0.39 is 10.0 Å². The molecule has 1 saturated carbocycles. The van der Waals surface area contributed by atoms with Crippen molar-refractivity contribution in [2.75, 3.05) is 6.61 Å². The van der Waals surface area contributed by atoms with Crippen molar-refractivity contribution in [3.05, 3.63) is 15.8 Å². The Morgan fingerprint density at radius 1 is 1.53 bits per heavy atom. The standard InChI is InChI=1S/C12H20N2O3S2/c1-3-17-10-4-9(5-10)14-19(15,16)12-8(2)7-18-11(12)6-13/h7,9-10,14H,3-6,13H2,1-2H3. The van der Waals surface area contributed by atoms with Crippen LogP contribution in [0.15, 0.2) is 10.3 Å². The lowest BCUT2D eigenvalue weighted by Crippen LogP contribution is -2.47. The van der Waals surface area contributed by atoms with E-state index in [0.717, 1.165) is 18.4 Å². The van der Waals surface area contributed by atoms with Crippen molar-refractivity contribution in [3.63, 3.8) is 0 Å². The summed E-state index contributed by atoms with van der Waals surface area (Å²) in [5.74, 6) is 0. The molecule has 0 aliphatic heterocycles. The number of rotatable bonds is 6. The molecule has 1 heterocycles. The maximum atomic E-state index is 12.4. The normalized spacial score (nSPS) is 23.3. The van der Waals surface area contributed by atoms with Gasteiger partial charge in [0, 0.05) is 24.1 Å². The summed E-state index contributed by atoms with van der Waals surface area (Å²) in [5, 5.41) is 1.83. The molecule has 7 heteroatoms. The predicted octanol–water partition coefficient (Wildman–Crippen LogP) is 1.36. The number of hydrogen-bond donors (Lipinski definition) is 2. The summed E-state index contributed by atoms with van der Waals surface area (Å²) in [6, 6.07) is -0.0218. The third-order valence-electron chi connectivity index (χ3n) is 3.26. The zero-order chi connectivity index (χ0) is 14.0. The van der Waals surface area contributed by atoms with Crippen LogP contribution in [-0.2, 0) is 21.3 Å². The molecule has 0 amide bonds. The van der Waals surface area contributed by atoms with Crippen LogP contribution in [-0.4, -0.2) is 27.2 Å². The van der Waals surface area contributed by atoms with Gasteiger partial charge >= 0.3 is 0 Å². The lowest BCUT2D eigenvalue weighted by atomic mass is 9.90. The fraction of sp³-hybridized carbons (Fsp3) is 0.667. The SMILES string of the molecule is CCOC1CC(NS(=O)(=O)c2c(C)csc2CN)C1. The molecule has 1 fully saturated rings. The molecule has 0 aromatic carbocycles. The molecule has 5 nitrogen and oxygen atoms in total. The van der Waals surface area contributed by atoms with E-state index in [1.807, 2.05) is 12.3 Å². The number of nitrogens with one attached hydrogen (secondary N) is 1. The average Bonchev–Trinajstić information content (AvgIpc) is 2.68. The predicted molar refractivity (Wildman–Crippen MR) is 75.7 cm³/mol. The van der Waals surface area contributed by atoms with Crippen LogP contribution < -0.4 is 10.5 Å². The summed E-state index contributed by atoms with van der Waals surface area (Å²) in [7, 11) is -3.46. The van der Waals surface area contributed by atoms with Gasteiger partial charge in [0.05, 0.1) is 6.10 Å². The van der Waals surface area contributed by atoms with Crippen LogP contribution in [0.1, 0.15) is 30.2 Å². The molecule has 19 heavy (non-hydrogen) atoms. The van der Waals surface area contributed by atoms with E-state index in [-0.39, 0.29) is 18.7 Å². The van der Waals surface area contributed by atoms with Gasteiger partial charge in [0.15, 0.2) is 0 Å². The fourth-order valence-corrected chi connectivity index (χ4v) is 5.27. The first-order valence-corrected chi connectivity index (χ1v) is 8.75. The quantitative estimate of drug-likeness (QED) is 0.831. The summed E-state index contributed by atoms with van der Waals surface area (Å²) in [5.41, 5.74) is 6.36. The minimum Gasteiger partial charge on any atom is -0.378 e. The molecule has 108 valence electrons. The third kappa shape index (κ3) is 3.17. The topological polar surface area (TPSA) is 81.4 Å². The molecule has 0 saturated heterocycles.